The molecular weight excluding hydrogens is 250 g/mol. The standard InChI is InChI=1S/C14H18F2N2O/c1-9-3-5-18(6-4-9)14(19)17-13-8-11(15)10(2)7-12(13)16/h7-9H,3-6H2,1-2H3,(H,17,19). The summed E-state index contributed by atoms with van der Waals surface area (Å²) in [5, 5.41) is 2.43. The van der Waals surface area contributed by atoms with Crippen molar-refractivity contribution in [2.75, 3.05) is 18.4 Å². The Morgan fingerprint density at radius 1 is 1.26 bits per heavy atom. The SMILES string of the molecule is Cc1cc(F)c(NC(=O)N2CCC(C)CC2)cc1F. The minimum atomic E-state index is -0.613. The molecule has 0 spiro atoms. The third-order valence-corrected chi connectivity index (χ3v) is 3.56. The number of carbonyl (C=O) groups is 1. The number of rotatable bonds is 1. The maximum Gasteiger partial charge on any atom is 0.321 e. The van der Waals surface area contributed by atoms with Crippen molar-refractivity contribution >= 4 is 11.7 Å². The van der Waals surface area contributed by atoms with Gasteiger partial charge >= 0.3 is 6.03 Å². The number of benzene rings is 1. The number of halogens is 2. The molecule has 104 valence electrons. The highest BCUT2D eigenvalue weighted by molar-refractivity contribution is 5.89. The van der Waals surface area contributed by atoms with Gasteiger partial charge in [0, 0.05) is 19.2 Å². The summed E-state index contributed by atoms with van der Waals surface area (Å²) in [5.74, 6) is -0.529. The van der Waals surface area contributed by atoms with E-state index in [1.165, 1.54) is 6.92 Å². The van der Waals surface area contributed by atoms with Gasteiger partial charge in [-0.2, -0.15) is 0 Å². The summed E-state index contributed by atoms with van der Waals surface area (Å²) in [5.41, 5.74) is 0.119. The summed E-state index contributed by atoms with van der Waals surface area (Å²) in [6.07, 6.45) is 1.89. The lowest BCUT2D eigenvalue weighted by molar-refractivity contribution is 0.186. The Hall–Kier alpha value is -1.65. The zero-order chi connectivity index (χ0) is 14.0. The third kappa shape index (κ3) is 3.22. The van der Waals surface area contributed by atoms with Crippen LogP contribution in [-0.4, -0.2) is 24.0 Å². The Labute approximate surface area is 111 Å². The number of aryl methyl sites for hydroxylation is 1. The molecule has 2 rings (SSSR count). The van der Waals surface area contributed by atoms with Gasteiger partial charge in [0.05, 0.1) is 5.69 Å². The molecule has 5 heteroatoms. The van der Waals surface area contributed by atoms with Crippen molar-refractivity contribution in [2.24, 2.45) is 5.92 Å². The average Bonchev–Trinajstić information content (AvgIpc) is 2.36. The molecule has 0 radical (unpaired) electrons. The molecule has 0 bridgehead atoms. The van der Waals surface area contributed by atoms with Crippen molar-refractivity contribution in [3.63, 3.8) is 0 Å². The maximum absolute atomic E-state index is 13.6. The van der Waals surface area contributed by atoms with E-state index in [9.17, 15) is 13.6 Å². The van der Waals surface area contributed by atoms with Gasteiger partial charge in [0.25, 0.3) is 0 Å². The van der Waals surface area contributed by atoms with E-state index in [0.29, 0.717) is 19.0 Å². The van der Waals surface area contributed by atoms with Crippen molar-refractivity contribution in [2.45, 2.75) is 26.7 Å². The monoisotopic (exact) mass is 268 g/mol. The van der Waals surface area contributed by atoms with E-state index < -0.39 is 11.6 Å². The van der Waals surface area contributed by atoms with Crippen molar-refractivity contribution < 1.29 is 13.6 Å². The normalized spacial score (nSPS) is 16.5. The number of nitrogens with zero attached hydrogens (tertiary/aromatic N) is 1. The van der Waals surface area contributed by atoms with Crippen LogP contribution in [0.15, 0.2) is 12.1 Å². The van der Waals surface area contributed by atoms with Crippen molar-refractivity contribution in [3.05, 3.63) is 29.3 Å². The van der Waals surface area contributed by atoms with E-state index in [1.807, 2.05) is 0 Å². The summed E-state index contributed by atoms with van der Waals surface area (Å²) in [7, 11) is 0. The lowest BCUT2D eigenvalue weighted by Gasteiger charge is -2.30. The molecule has 1 heterocycles. The molecule has 0 atom stereocenters. The summed E-state index contributed by atoms with van der Waals surface area (Å²) in [6.45, 7) is 4.94. The van der Waals surface area contributed by atoms with E-state index in [1.54, 1.807) is 4.90 Å². The molecular formula is C14H18F2N2O. The van der Waals surface area contributed by atoms with Crippen LogP contribution in [0.5, 0.6) is 0 Å². The van der Waals surface area contributed by atoms with E-state index in [-0.39, 0.29) is 17.3 Å². The van der Waals surface area contributed by atoms with Crippen LogP contribution in [0.2, 0.25) is 0 Å². The number of urea groups is 1. The van der Waals surface area contributed by atoms with Gasteiger partial charge in [0.1, 0.15) is 11.6 Å². The molecule has 1 fully saturated rings. The number of likely N-dealkylation sites (tertiary alicyclic amines) is 1. The molecule has 1 aromatic rings. The molecule has 2 amide bonds. The average molecular weight is 268 g/mol. The summed E-state index contributed by atoms with van der Waals surface area (Å²) < 4.78 is 27.0. The van der Waals surface area contributed by atoms with Gasteiger partial charge < -0.3 is 10.2 Å². The summed E-state index contributed by atoms with van der Waals surface area (Å²) in [6, 6.07) is 1.74. The quantitative estimate of drug-likeness (QED) is 0.830. The van der Waals surface area contributed by atoms with Gasteiger partial charge in [-0.3, -0.25) is 0 Å². The van der Waals surface area contributed by atoms with Gasteiger partial charge in [-0.25, -0.2) is 13.6 Å². The topological polar surface area (TPSA) is 32.3 Å². The van der Waals surface area contributed by atoms with Gasteiger partial charge in [0.15, 0.2) is 0 Å². The summed E-state index contributed by atoms with van der Waals surface area (Å²) in [4.78, 5) is 13.6. The zero-order valence-corrected chi connectivity index (χ0v) is 11.2. The van der Waals surface area contributed by atoms with Gasteiger partial charge in [-0.05, 0) is 37.3 Å². The first-order valence-corrected chi connectivity index (χ1v) is 6.49. The number of hydrogen-bond donors (Lipinski definition) is 1. The number of anilines is 1. The number of nitrogens with one attached hydrogen (secondary N) is 1. The lowest BCUT2D eigenvalue weighted by Crippen LogP contribution is -2.40. The van der Waals surface area contributed by atoms with Crippen LogP contribution in [0.25, 0.3) is 0 Å². The van der Waals surface area contributed by atoms with Crippen molar-refractivity contribution in [1.82, 2.24) is 4.90 Å². The second-order valence-electron chi connectivity index (χ2n) is 5.18. The second-order valence-corrected chi connectivity index (χ2v) is 5.18. The van der Waals surface area contributed by atoms with E-state index in [0.717, 1.165) is 25.0 Å². The molecule has 1 N–H and O–H groups in total. The van der Waals surface area contributed by atoms with Crippen LogP contribution in [0, 0.1) is 24.5 Å². The van der Waals surface area contributed by atoms with E-state index >= 15 is 0 Å². The molecule has 0 saturated carbocycles. The Morgan fingerprint density at radius 3 is 2.53 bits per heavy atom. The smallest absolute Gasteiger partial charge is 0.321 e. The molecule has 1 aliphatic heterocycles. The van der Waals surface area contributed by atoms with Crippen LogP contribution >= 0.6 is 0 Å². The molecule has 3 nitrogen and oxygen atoms in total. The fraction of sp³-hybridized carbons (Fsp3) is 0.500. The van der Waals surface area contributed by atoms with E-state index in [4.69, 9.17) is 0 Å². The predicted molar refractivity (Wildman–Crippen MR) is 70.1 cm³/mol. The van der Waals surface area contributed by atoms with Crippen LogP contribution in [0.3, 0.4) is 0 Å². The Balaban J connectivity index is 2.05. The van der Waals surface area contributed by atoms with Crippen LogP contribution in [0.4, 0.5) is 19.3 Å². The number of amides is 2. The second kappa shape index (κ2) is 5.55. The molecule has 1 saturated heterocycles. The highest BCUT2D eigenvalue weighted by Crippen LogP contribution is 2.21. The largest absolute Gasteiger partial charge is 0.325 e. The fourth-order valence-corrected chi connectivity index (χ4v) is 2.15. The minimum absolute atomic E-state index is 0.105. The number of hydrogen-bond acceptors (Lipinski definition) is 1. The Kier molecular flexibility index (Phi) is 4.02. The molecule has 0 unspecified atom stereocenters. The Morgan fingerprint density at radius 2 is 1.89 bits per heavy atom. The molecule has 19 heavy (non-hydrogen) atoms. The fourth-order valence-electron chi connectivity index (χ4n) is 2.15. The zero-order valence-electron chi connectivity index (χ0n) is 11.2. The minimum Gasteiger partial charge on any atom is -0.325 e. The number of carbonyl (C=O) groups excluding carboxylic acids is 1. The lowest BCUT2D eigenvalue weighted by atomic mass is 10.00. The first-order valence-electron chi connectivity index (χ1n) is 6.49. The van der Waals surface area contributed by atoms with Gasteiger partial charge in [-0.1, -0.05) is 6.92 Å². The highest BCUT2D eigenvalue weighted by Gasteiger charge is 2.21. The molecule has 0 aliphatic carbocycles. The van der Waals surface area contributed by atoms with Gasteiger partial charge in [0.2, 0.25) is 0 Å². The van der Waals surface area contributed by atoms with Gasteiger partial charge in [-0.15, -0.1) is 0 Å². The van der Waals surface area contributed by atoms with Crippen LogP contribution < -0.4 is 5.32 Å². The first kappa shape index (κ1) is 13.8. The third-order valence-electron chi connectivity index (χ3n) is 3.56. The number of piperidine rings is 1. The molecule has 1 aliphatic rings. The molecule has 0 aromatic heterocycles. The van der Waals surface area contributed by atoms with E-state index in [2.05, 4.69) is 12.2 Å². The maximum atomic E-state index is 13.6. The van der Waals surface area contributed by atoms with Crippen molar-refractivity contribution in [1.29, 1.82) is 0 Å². The summed E-state index contributed by atoms with van der Waals surface area (Å²) >= 11 is 0. The molecule has 1 aromatic carbocycles. The first-order chi connectivity index (χ1) is 8.97. The predicted octanol–water partition coefficient (Wildman–Crippen LogP) is 3.54. The Bertz CT molecular complexity index is 483. The highest BCUT2D eigenvalue weighted by atomic mass is 19.1. The van der Waals surface area contributed by atoms with Crippen molar-refractivity contribution in [3.8, 4) is 0 Å². The van der Waals surface area contributed by atoms with Crippen LogP contribution in [0.1, 0.15) is 25.3 Å². The van der Waals surface area contributed by atoms with Crippen LogP contribution in [-0.2, 0) is 0 Å².